The molecule has 0 radical (unpaired) electrons. The topological polar surface area (TPSA) is 117 Å². The van der Waals surface area contributed by atoms with E-state index in [0.29, 0.717) is 0 Å². The largest absolute Gasteiger partial charge is 0.497 e. The molecule has 0 bridgehead atoms. The number of amides is 1. The minimum Gasteiger partial charge on any atom is -0.497 e. The van der Waals surface area contributed by atoms with Gasteiger partial charge in [0.15, 0.2) is 6.29 Å². The molecule has 1 heterocycles. The summed E-state index contributed by atoms with van der Waals surface area (Å²) < 4.78 is 15.3. The Kier molecular flexibility index (Phi) is 6.91. The SMILES string of the molecule is COc1ccc(C=CC(=O)NC[C@H]2O[C@H](OC)[C@@H](O)[C@@H](O)[C@@H]2O)cc1. The Labute approximate surface area is 145 Å². The first kappa shape index (κ1) is 19.4. The minimum atomic E-state index is -1.42. The van der Waals surface area contributed by atoms with Gasteiger partial charge in [0.1, 0.15) is 30.2 Å². The van der Waals surface area contributed by atoms with Gasteiger partial charge < -0.3 is 34.8 Å². The van der Waals surface area contributed by atoms with Crippen molar-refractivity contribution in [1.29, 1.82) is 0 Å². The van der Waals surface area contributed by atoms with Crippen LogP contribution in [-0.4, -0.2) is 72.7 Å². The molecule has 4 N–H and O–H groups in total. The third-order valence-corrected chi connectivity index (χ3v) is 3.92. The average molecular weight is 353 g/mol. The number of rotatable bonds is 6. The van der Waals surface area contributed by atoms with Gasteiger partial charge in [-0.2, -0.15) is 0 Å². The molecule has 5 atom stereocenters. The Hall–Kier alpha value is -1.97. The second-order valence-corrected chi connectivity index (χ2v) is 5.60. The smallest absolute Gasteiger partial charge is 0.244 e. The summed E-state index contributed by atoms with van der Waals surface area (Å²) in [5.41, 5.74) is 0.822. The number of carbonyl (C=O) groups is 1. The highest BCUT2D eigenvalue weighted by Gasteiger charge is 2.43. The summed E-state index contributed by atoms with van der Waals surface area (Å²) in [4.78, 5) is 11.9. The standard InChI is InChI=1S/C17H23NO7/c1-23-11-6-3-10(4-7-11)5-8-13(19)18-9-12-14(20)15(21)16(22)17(24-2)25-12/h3-8,12,14-17,20-22H,9H2,1-2H3,(H,18,19)/t12-,14-,15+,16+,17+/m1/s1. The zero-order chi connectivity index (χ0) is 18.4. The molecule has 1 aliphatic heterocycles. The zero-order valence-electron chi connectivity index (χ0n) is 14.0. The fraction of sp³-hybridized carbons (Fsp3) is 0.471. The van der Waals surface area contributed by atoms with Gasteiger partial charge in [-0.3, -0.25) is 4.79 Å². The Morgan fingerprint density at radius 1 is 1.16 bits per heavy atom. The number of ether oxygens (including phenoxy) is 3. The molecule has 25 heavy (non-hydrogen) atoms. The van der Waals surface area contributed by atoms with Crippen molar-refractivity contribution < 1.29 is 34.3 Å². The molecule has 1 aromatic carbocycles. The Morgan fingerprint density at radius 3 is 2.44 bits per heavy atom. The predicted octanol–water partition coefficient (Wildman–Crippen LogP) is -0.721. The first-order chi connectivity index (χ1) is 12.0. The summed E-state index contributed by atoms with van der Waals surface area (Å²) in [6.45, 7) is -0.0450. The summed E-state index contributed by atoms with van der Waals surface area (Å²) in [5, 5.41) is 32.0. The fourth-order valence-electron chi connectivity index (χ4n) is 2.43. The number of benzene rings is 1. The lowest BCUT2D eigenvalue weighted by molar-refractivity contribution is -0.288. The van der Waals surface area contributed by atoms with E-state index < -0.39 is 30.7 Å². The van der Waals surface area contributed by atoms with Gasteiger partial charge in [-0.1, -0.05) is 12.1 Å². The fourth-order valence-corrected chi connectivity index (χ4v) is 2.43. The lowest BCUT2D eigenvalue weighted by Gasteiger charge is -2.39. The maximum absolute atomic E-state index is 11.9. The van der Waals surface area contributed by atoms with Crippen molar-refractivity contribution in [3.8, 4) is 5.75 Å². The molecular weight excluding hydrogens is 330 g/mol. The van der Waals surface area contributed by atoms with Gasteiger partial charge >= 0.3 is 0 Å². The molecular formula is C17H23NO7. The quantitative estimate of drug-likeness (QED) is 0.499. The molecule has 8 nitrogen and oxygen atoms in total. The van der Waals surface area contributed by atoms with Gasteiger partial charge in [-0.05, 0) is 23.8 Å². The van der Waals surface area contributed by atoms with Crippen LogP contribution in [-0.2, 0) is 14.3 Å². The third kappa shape index (κ3) is 5.00. The summed E-state index contributed by atoms with van der Waals surface area (Å²) in [7, 11) is 2.88. The van der Waals surface area contributed by atoms with Gasteiger partial charge in [0.2, 0.25) is 5.91 Å². The summed E-state index contributed by atoms with van der Waals surface area (Å²) >= 11 is 0. The second-order valence-electron chi connectivity index (χ2n) is 5.60. The highest BCUT2D eigenvalue weighted by molar-refractivity contribution is 5.91. The molecule has 8 heteroatoms. The molecule has 0 unspecified atom stereocenters. The van der Waals surface area contributed by atoms with Crippen LogP contribution in [0, 0.1) is 0 Å². The van der Waals surface area contributed by atoms with Crippen LogP contribution >= 0.6 is 0 Å². The van der Waals surface area contributed by atoms with Crippen LogP contribution in [0.15, 0.2) is 30.3 Å². The molecule has 1 aromatic rings. The second kappa shape index (κ2) is 8.93. The summed E-state index contributed by atoms with van der Waals surface area (Å²) in [6, 6.07) is 7.16. The summed E-state index contributed by atoms with van der Waals surface area (Å²) in [6.07, 6.45) is -3.12. The molecule has 1 aliphatic rings. The molecule has 0 aliphatic carbocycles. The van der Waals surface area contributed by atoms with Crippen LogP contribution in [0.3, 0.4) is 0 Å². The van der Waals surface area contributed by atoms with Gasteiger partial charge in [0.25, 0.3) is 0 Å². The van der Waals surface area contributed by atoms with Crippen molar-refractivity contribution in [2.75, 3.05) is 20.8 Å². The summed E-state index contributed by atoms with van der Waals surface area (Å²) in [5.74, 6) is 0.333. The van der Waals surface area contributed by atoms with E-state index in [0.717, 1.165) is 11.3 Å². The van der Waals surface area contributed by atoms with E-state index in [-0.39, 0.29) is 12.5 Å². The molecule has 1 fully saturated rings. The van der Waals surface area contributed by atoms with Crippen LogP contribution in [0.25, 0.3) is 6.08 Å². The van der Waals surface area contributed by atoms with E-state index in [2.05, 4.69) is 5.32 Å². The molecule has 0 spiro atoms. The first-order valence-corrected chi connectivity index (χ1v) is 7.78. The molecule has 0 aromatic heterocycles. The minimum absolute atomic E-state index is 0.0450. The van der Waals surface area contributed by atoms with Gasteiger partial charge in [0, 0.05) is 19.7 Å². The van der Waals surface area contributed by atoms with Crippen LogP contribution < -0.4 is 10.1 Å². The lowest BCUT2D eigenvalue weighted by Crippen LogP contribution is -2.60. The first-order valence-electron chi connectivity index (χ1n) is 7.78. The number of aliphatic hydroxyl groups is 3. The Bertz CT molecular complexity index is 587. The van der Waals surface area contributed by atoms with E-state index >= 15 is 0 Å². The lowest BCUT2D eigenvalue weighted by atomic mass is 9.99. The average Bonchev–Trinajstić information content (AvgIpc) is 2.64. The van der Waals surface area contributed by atoms with Crippen molar-refractivity contribution in [1.82, 2.24) is 5.32 Å². The number of hydrogen-bond donors (Lipinski definition) is 4. The van der Waals surface area contributed by atoms with E-state index in [1.165, 1.54) is 13.2 Å². The van der Waals surface area contributed by atoms with Crippen LogP contribution in [0.4, 0.5) is 0 Å². The number of hydrogen-bond acceptors (Lipinski definition) is 7. The zero-order valence-corrected chi connectivity index (χ0v) is 14.0. The molecule has 2 rings (SSSR count). The van der Waals surface area contributed by atoms with E-state index in [4.69, 9.17) is 14.2 Å². The Morgan fingerprint density at radius 2 is 1.84 bits per heavy atom. The number of carbonyl (C=O) groups excluding carboxylic acids is 1. The van der Waals surface area contributed by atoms with Crippen LogP contribution in [0.5, 0.6) is 5.75 Å². The molecule has 1 saturated heterocycles. The highest BCUT2D eigenvalue weighted by Crippen LogP contribution is 2.21. The molecule has 0 saturated carbocycles. The maximum atomic E-state index is 11.9. The number of aliphatic hydroxyl groups excluding tert-OH is 3. The van der Waals surface area contributed by atoms with Crippen molar-refractivity contribution in [3.63, 3.8) is 0 Å². The van der Waals surface area contributed by atoms with E-state index in [1.807, 2.05) is 0 Å². The van der Waals surface area contributed by atoms with Crippen molar-refractivity contribution in [2.24, 2.45) is 0 Å². The van der Waals surface area contributed by atoms with Crippen LogP contribution in [0.2, 0.25) is 0 Å². The van der Waals surface area contributed by atoms with Crippen molar-refractivity contribution in [2.45, 2.75) is 30.7 Å². The monoisotopic (exact) mass is 353 g/mol. The van der Waals surface area contributed by atoms with Gasteiger partial charge in [-0.15, -0.1) is 0 Å². The predicted molar refractivity (Wildman–Crippen MR) is 88.7 cm³/mol. The van der Waals surface area contributed by atoms with E-state index in [1.54, 1.807) is 37.5 Å². The van der Waals surface area contributed by atoms with Crippen molar-refractivity contribution in [3.05, 3.63) is 35.9 Å². The van der Waals surface area contributed by atoms with Gasteiger partial charge in [-0.25, -0.2) is 0 Å². The number of nitrogens with one attached hydrogen (secondary N) is 1. The third-order valence-electron chi connectivity index (χ3n) is 3.92. The van der Waals surface area contributed by atoms with Crippen LogP contribution in [0.1, 0.15) is 5.56 Å². The Balaban J connectivity index is 1.87. The highest BCUT2D eigenvalue weighted by atomic mass is 16.7. The maximum Gasteiger partial charge on any atom is 0.244 e. The molecule has 1 amide bonds. The van der Waals surface area contributed by atoms with Crippen molar-refractivity contribution >= 4 is 12.0 Å². The molecule has 138 valence electrons. The van der Waals surface area contributed by atoms with E-state index in [9.17, 15) is 20.1 Å². The van der Waals surface area contributed by atoms with Gasteiger partial charge in [0.05, 0.1) is 7.11 Å². The number of methoxy groups -OCH3 is 2. The normalized spacial score (nSPS) is 29.6.